The number of nitrogens with one attached hydrogen (secondary N) is 2. The summed E-state index contributed by atoms with van der Waals surface area (Å²) in [5.41, 5.74) is 3.99. The first-order valence-corrected chi connectivity index (χ1v) is 13.0. The Bertz CT molecular complexity index is 1010. The van der Waals surface area contributed by atoms with E-state index < -0.39 is 0 Å². The van der Waals surface area contributed by atoms with Gasteiger partial charge in [-0.3, -0.25) is 4.79 Å². The Morgan fingerprint density at radius 3 is 2.28 bits per heavy atom. The molecule has 2 aromatic heterocycles. The van der Waals surface area contributed by atoms with Crippen LogP contribution >= 0.6 is 0 Å². The van der Waals surface area contributed by atoms with E-state index in [1.54, 1.807) is 11.6 Å². The van der Waals surface area contributed by atoms with Gasteiger partial charge in [-0.05, 0) is 44.6 Å². The number of hydrogen-bond acceptors (Lipinski definition) is 7. The maximum absolute atomic E-state index is 9.54. The SMILES string of the molecule is CCCCNc1nc(OC)nc2c(-c3ccc(C)cc3)cnn12.CCCOCCC.O=CNC1CC1. The van der Waals surface area contributed by atoms with Crippen LogP contribution < -0.4 is 15.4 Å². The number of hydrogen-bond donors (Lipinski definition) is 2. The van der Waals surface area contributed by atoms with Crippen molar-refractivity contribution >= 4 is 18.0 Å². The van der Waals surface area contributed by atoms with Gasteiger partial charge in [0, 0.05) is 31.4 Å². The molecule has 2 N–H and O–H groups in total. The first kappa shape index (κ1) is 29.0. The molecule has 0 saturated heterocycles. The van der Waals surface area contributed by atoms with E-state index in [-0.39, 0.29) is 0 Å². The van der Waals surface area contributed by atoms with Crippen LogP contribution in [0.2, 0.25) is 0 Å². The van der Waals surface area contributed by atoms with E-state index >= 15 is 0 Å². The molecule has 0 atom stereocenters. The van der Waals surface area contributed by atoms with Crippen molar-refractivity contribution < 1.29 is 14.3 Å². The van der Waals surface area contributed by atoms with Gasteiger partial charge in [0.15, 0.2) is 5.65 Å². The summed E-state index contributed by atoms with van der Waals surface area (Å²) in [5, 5.41) is 10.4. The zero-order valence-electron chi connectivity index (χ0n) is 22.4. The van der Waals surface area contributed by atoms with Crippen LogP contribution in [0.4, 0.5) is 5.95 Å². The van der Waals surface area contributed by atoms with Crippen LogP contribution in [-0.2, 0) is 9.53 Å². The van der Waals surface area contributed by atoms with Gasteiger partial charge in [0.1, 0.15) is 0 Å². The summed E-state index contributed by atoms with van der Waals surface area (Å²) in [5.74, 6) is 0.652. The number of carbonyl (C=O) groups is 1. The maximum atomic E-state index is 9.54. The van der Waals surface area contributed by atoms with Crippen molar-refractivity contribution in [1.29, 1.82) is 0 Å². The van der Waals surface area contributed by atoms with E-state index in [0.29, 0.717) is 18.0 Å². The molecular formula is C27H42N6O3. The minimum Gasteiger partial charge on any atom is -0.467 e. The third-order valence-corrected chi connectivity index (χ3v) is 5.28. The molecule has 4 rings (SSSR count). The van der Waals surface area contributed by atoms with Gasteiger partial charge in [-0.25, -0.2) is 0 Å². The number of aromatic nitrogens is 4. The van der Waals surface area contributed by atoms with Gasteiger partial charge >= 0.3 is 6.01 Å². The lowest BCUT2D eigenvalue weighted by Crippen LogP contribution is -2.11. The average Bonchev–Trinajstić information content (AvgIpc) is 3.61. The predicted octanol–water partition coefficient (Wildman–Crippen LogP) is 5.04. The third-order valence-electron chi connectivity index (χ3n) is 5.28. The molecule has 2 heterocycles. The number of unbranched alkanes of at least 4 members (excludes halogenated alkanes) is 1. The molecule has 1 saturated carbocycles. The molecule has 1 amide bonds. The highest BCUT2D eigenvalue weighted by Gasteiger charge is 2.19. The summed E-state index contributed by atoms with van der Waals surface area (Å²) in [7, 11) is 1.57. The number of carbonyl (C=O) groups excluding carboxylic acids is 1. The van der Waals surface area contributed by atoms with Gasteiger partial charge in [-0.15, -0.1) is 0 Å². The van der Waals surface area contributed by atoms with Gasteiger partial charge in [0.25, 0.3) is 0 Å². The first-order chi connectivity index (χ1) is 17.6. The Morgan fingerprint density at radius 2 is 1.75 bits per heavy atom. The number of methoxy groups -OCH3 is 1. The predicted molar refractivity (Wildman–Crippen MR) is 145 cm³/mol. The van der Waals surface area contributed by atoms with Crippen LogP contribution in [0.25, 0.3) is 16.8 Å². The van der Waals surface area contributed by atoms with Crippen molar-refractivity contribution in [1.82, 2.24) is 24.9 Å². The van der Waals surface area contributed by atoms with Crippen molar-refractivity contribution in [2.24, 2.45) is 0 Å². The summed E-state index contributed by atoms with van der Waals surface area (Å²) in [4.78, 5) is 18.4. The van der Waals surface area contributed by atoms with Crippen molar-refractivity contribution in [3.63, 3.8) is 0 Å². The molecule has 9 heteroatoms. The number of nitrogens with zero attached hydrogens (tertiary/aromatic N) is 4. The van der Waals surface area contributed by atoms with E-state index in [1.165, 1.54) is 18.4 Å². The summed E-state index contributed by atoms with van der Waals surface area (Å²) in [6, 6.07) is 9.18. The van der Waals surface area contributed by atoms with E-state index in [0.717, 1.165) is 68.6 Å². The second-order valence-corrected chi connectivity index (χ2v) is 8.65. The fraction of sp³-hybridized carbons (Fsp3) is 0.556. The molecule has 9 nitrogen and oxygen atoms in total. The quantitative estimate of drug-likeness (QED) is 0.266. The number of ether oxygens (including phenoxy) is 2. The Hall–Kier alpha value is -3.20. The highest BCUT2D eigenvalue weighted by atomic mass is 16.5. The average molecular weight is 499 g/mol. The molecule has 3 aromatic rings. The number of amides is 1. The summed E-state index contributed by atoms with van der Waals surface area (Å²) < 4.78 is 12.1. The van der Waals surface area contributed by atoms with Crippen LogP contribution in [0.5, 0.6) is 6.01 Å². The van der Waals surface area contributed by atoms with Crippen LogP contribution in [0, 0.1) is 6.92 Å². The summed E-state index contributed by atoms with van der Waals surface area (Å²) in [6.07, 6.45) is 9.40. The van der Waals surface area contributed by atoms with Gasteiger partial charge in [-0.2, -0.15) is 19.6 Å². The van der Waals surface area contributed by atoms with Gasteiger partial charge in [0.2, 0.25) is 12.4 Å². The fourth-order valence-electron chi connectivity index (χ4n) is 3.11. The Morgan fingerprint density at radius 1 is 1.06 bits per heavy atom. The molecule has 1 aromatic carbocycles. The monoisotopic (exact) mass is 498 g/mol. The molecule has 0 bridgehead atoms. The lowest BCUT2D eigenvalue weighted by Gasteiger charge is -2.08. The highest BCUT2D eigenvalue weighted by Crippen LogP contribution is 2.26. The van der Waals surface area contributed by atoms with Crippen LogP contribution in [0.15, 0.2) is 30.5 Å². The van der Waals surface area contributed by atoms with Gasteiger partial charge in [0.05, 0.1) is 13.3 Å². The second-order valence-electron chi connectivity index (χ2n) is 8.65. The van der Waals surface area contributed by atoms with E-state index in [4.69, 9.17) is 9.47 Å². The van der Waals surface area contributed by atoms with E-state index in [2.05, 4.69) is 77.7 Å². The van der Waals surface area contributed by atoms with Gasteiger partial charge in [-0.1, -0.05) is 57.0 Å². The molecule has 1 fully saturated rings. The second kappa shape index (κ2) is 16.5. The lowest BCUT2D eigenvalue weighted by atomic mass is 10.1. The minimum absolute atomic E-state index is 0.338. The Kier molecular flexibility index (Phi) is 13.3. The molecule has 0 aliphatic heterocycles. The third kappa shape index (κ3) is 9.81. The van der Waals surface area contributed by atoms with Crippen molar-refractivity contribution in [2.75, 3.05) is 32.2 Å². The van der Waals surface area contributed by atoms with Crippen LogP contribution in [0.3, 0.4) is 0 Å². The minimum atomic E-state index is 0.338. The number of fused-ring (bicyclic) bond motifs is 1. The molecular weight excluding hydrogens is 456 g/mol. The smallest absolute Gasteiger partial charge is 0.321 e. The standard InChI is InChI=1S/C17H21N5O.C6H14O.C4H7NO/c1-4-5-10-18-16-21-17(23-3)20-15-14(11-19-22(15)16)13-8-6-12(2)7-9-13;1-3-5-7-6-4-2;6-3-5-4-1-2-4/h6-9,11H,4-5,10H2,1-3H3,(H,18,20,21);3-6H2,1-2H3;3-4H,1-2H2,(H,5,6). The topological polar surface area (TPSA) is 103 Å². The molecule has 0 spiro atoms. The van der Waals surface area contributed by atoms with Crippen molar-refractivity contribution in [3.8, 4) is 17.1 Å². The number of rotatable bonds is 12. The maximum Gasteiger partial charge on any atom is 0.321 e. The molecule has 0 unspecified atom stereocenters. The zero-order valence-corrected chi connectivity index (χ0v) is 22.4. The van der Waals surface area contributed by atoms with Crippen molar-refractivity contribution in [3.05, 3.63) is 36.0 Å². The number of benzene rings is 1. The molecule has 1 aliphatic carbocycles. The van der Waals surface area contributed by atoms with Gasteiger partial charge < -0.3 is 20.1 Å². The Balaban J connectivity index is 0.000000287. The summed E-state index contributed by atoms with van der Waals surface area (Å²) in [6.45, 7) is 11.2. The first-order valence-electron chi connectivity index (χ1n) is 13.0. The van der Waals surface area contributed by atoms with E-state index in [1.807, 2.05) is 6.20 Å². The highest BCUT2D eigenvalue weighted by molar-refractivity contribution is 5.78. The fourth-order valence-corrected chi connectivity index (χ4v) is 3.11. The number of aryl methyl sites for hydroxylation is 1. The van der Waals surface area contributed by atoms with Crippen LogP contribution in [0.1, 0.15) is 64.9 Å². The van der Waals surface area contributed by atoms with E-state index in [9.17, 15) is 4.79 Å². The molecule has 198 valence electrons. The molecule has 1 aliphatic rings. The summed E-state index contributed by atoms with van der Waals surface area (Å²) >= 11 is 0. The normalized spacial score (nSPS) is 12.1. The zero-order chi connectivity index (χ0) is 26.2. The molecule has 36 heavy (non-hydrogen) atoms. The lowest BCUT2D eigenvalue weighted by molar-refractivity contribution is -0.109. The van der Waals surface area contributed by atoms with Crippen molar-refractivity contribution in [2.45, 2.75) is 72.3 Å². The molecule has 0 radical (unpaired) electrons. The van der Waals surface area contributed by atoms with Crippen LogP contribution in [-0.4, -0.2) is 58.9 Å². The number of anilines is 1. The Labute approximate surface area is 215 Å². The largest absolute Gasteiger partial charge is 0.467 e.